The number of rotatable bonds is 8. The first kappa shape index (κ1) is 15.9. The summed E-state index contributed by atoms with van der Waals surface area (Å²) in [5.41, 5.74) is 2.03. The normalized spacial score (nSPS) is 10.2. The summed E-state index contributed by atoms with van der Waals surface area (Å²) in [4.78, 5) is 0. The molecule has 0 aromatic heterocycles. The van der Waals surface area contributed by atoms with Crippen molar-refractivity contribution in [2.45, 2.75) is 25.7 Å². The number of ether oxygens (including phenoxy) is 1. The van der Waals surface area contributed by atoms with Gasteiger partial charge in [-0.25, -0.2) is 0 Å². The fraction of sp³-hybridized carbons (Fsp3) is 0.200. The summed E-state index contributed by atoms with van der Waals surface area (Å²) in [6, 6.07) is 13.4. The van der Waals surface area contributed by atoms with Gasteiger partial charge in [-0.3, -0.25) is 0 Å². The predicted octanol–water partition coefficient (Wildman–Crippen LogP) is 5.42. The molecule has 2 aromatic rings. The molecule has 2 heteroatoms. The first-order chi connectivity index (χ1) is 10.7. The van der Waals surface area contributed by atoms with Crippen LogP contribution in [0.5, 0.6) is 17.2 Å². The predicted molar refractivity (Wildman–Crippen MR) is 91.7 cm³/mol. The van der Waals surface area contributed by atoms with E-state index in [2.05, 4.69) is 19.2 Å². The minimum absolute atomic E-state index is 0.300. The molecule has 2 rings (SSSR count). The van der Waals surface area contributed by atoms with Crippen LogP contribution in [0.25, 0.3) is 0 Å². The highest BCUT2D eigenvalue weighted by Crippen LogP contribution is 2.30. The standard InChI is InChI=1S/C20H22O2/c1-3-5-9-16-11-7-8-12-20(16)22-18-13-14-19(21)17(15-18)10-6-4-2/h3-4,7-8,11-15,21H,1-2,5-6,9-10H2. The van der Waals surface area contributed by atoms with Crippen LogP contribution in [-0.4, -0.2) is 5.11 Å². The molecule has 1 N–H and O–H groups in total. The third-order valence-corrected chi connectivity index (χ3v) is 3.49. The topological polar surface area (TPSA) is 29.5 Å². The number of para-hydroxylation sites is 1. The van der Waals surface area contributed by atoms with Crippen LogP contribution in [0.4, 0.5) is 0 Å². The number of aromatic hydroxyl groups is 1. The Bertz CT molecular complexity index is 644. The Labute approximate surface area is 132 Å². The van der Waals surface area contributed by atoms with Crippen LogP contribution < -0.4 is 4.74 Å². The molecule has 0 aliphatic rings. The zero-order valence-corrected chi connectivity index (χ0v) is 12.8. The second-order valence-corrected chi connectivity index (χ2v) is 5.16. The number of aryl methyl sites for hydroxylation is 2. The van der Waals surface area contributed by atoms with Crippen LogP contribution in [-0.2, 0) is 12.8 Å². The van der Waals surface area contributed by atoms with Crippen LogP contribution >= 0.6 is 0 Å². The molecular weight excluding hydrogens is 272 g/mol. The van der Waals surface area contributed by atoms with Gasteiger partial charge in [0.2, 0.25) is 0 Å². The lowest BCUT2D eigenvalue weighted by Crippen LogP contribution is -1.93. The van der Waals surface area contributed by atoms with Gasteiger partial charge in [0.25, 0.3) is 0 Å². The van der Waals surface area contributed by atoms with Crippen LogP contribution in [0.3, 0.4) is 0 Å². The molecule has 0 radical (unpaired) electrons. The Morgan fingerprint density at radius 1 is 0.909 bits per heavy atom. The van der Waals surface area contributed by atoms with Gasteiger partial charge in [0.1, 0.15) is 17.2 Å². The number of phenolic OH excluding ortho intramolecular Hbond substituents is 1. The maximum Gasteiger partial charge on any atom is 0.130 e. The van der Waals surface area contributed by atoms with E-state index in [1.54, 1.807) is 12.1 Å². The molecular formula is C20H22O2. The smallest absolute Gasteiger partial charge is 0.130 e. The second kappa shape index (κ2) is 8.08. The van der Waals surface area contributed by atoms with Crippen molar-refractivity contribution in [3.63, 3.8) is 0 Å². The van der Waals surface area contributed by atoms with Gasteiger partial charge in [-0.1, -0.05) is 30.4 Å². The van der Waals surface area contributed by atoms with E-state index in [4.69, 9.17) is 4.74 Å². The molecule has 22 heavy (non-hydrogen) atoms. The van der Waals surface area contributed by atoms with E-state index < -0.39 is 0 Å². The van der Waals surface area contributed by atoms with Crippen molar-refractivity contribution in [2.24, 2.45) is 0 Å². The van der Waals surface area contributed by atoms with E-state index >= 15 is 0 Å². The van der Waals surface area contributed by atoms with Crippen molar-refractivity contribution < 1.29 is 9.84 Å². The van der Waals surface area contributed by atoms with Crippen molar-refractivity contribution >= 4 is 0 Å². The Hall–Kier alpha value is -2.48. The first-order valence-electron chi connectivity index (χ1n) is 7.54. The van der Waals surface area contributed by atoms with Gasteiger partial charge in [0.15, 0.2) is 0 Å². The summed E-state index contributed by atoms with van der Waals surface area (Å²) in [5.74, 6) is 1.89. The molecule has 114 valence electrons. The third-order valence-electron chi connectivity index (χ3n) is 3.49. The lowest BCUT2D eigenvalue weighted by Gasteiger charge is -2.12. The zero-order chi connectivity index (χ0) is 15.8. The molecule has 0 unspecified atom stereocenters. The molecule has 0 bridgehead atoms. The summed E-state index contributed by atoms with van der Waals surface area (Å²) >= 11 is 0. The Kier molecular flexibility index (Phi) is 5.84. The fourth-order valence-corrected chi connectivity index (χ4v) is 2.28. The molecule has 0 heterocycles. The highest BCUT2D eigenvalue weighted by Gasteiger charge is 2.07. The molecule has 0 saturated carbocycles. The minimum atomic E-state index is 0.300. The summed E-state index contributed by atoms with van der Waals surface area (Å²) in [6.07, 6.45) is 7.15. The van der Waals surface area contributed by atoms with E-state index in [0.29, 0.717) is 5.75 Å². The van der Waals surface area contributed by atoms with Crippen LogP contribution in [0.1, 0.15) is 24.0 Å². The molecule has 0 aliphatic heterocycles. The van der Waals surface area contributed by atoms with Gasteiger partial charge in [0.05, 0.1) is 0 Å². The number of benzene rings is 2. The number of phenols is 1. The van der Waals surface area contributed by atoms with Crippen molar-refractivity contribution in [3.05, 3.63) is 78.9 Å². The molecule has 0 aliphatic carbocycles. The summed E-state index contributed by atoms with van der Waals surface area (Å²) in [6.45, 7) is 7.48. The highest BCUT2D eigenvalue weighted by molar-refractivity contribution is 5.43. The van der Waals surface area contributed by atoms with Gasteiger partial charge in [0, 0.05) is 0 Å². The van der Waals surface area contributed by atoms with Crippen molar-refractivity contribution in [3.8, 4) is 17.2 Å². The van der Waals surface area contributed by atoms with Crippen LogP contribution in [0.2, 0.25) is 0 Å². The fourth-order valence-electron chi connectivity index (χ4n) is 2.28. The SMILES string of the molecule is C=CCCc1cc(Oc2ccccc2CCC=C)ccc1O. The maximum atomic E-state index is 9.90. The largest absolute Gasteiger partial charge is 0.508 e. The van der Waals surface area contributed by atoms with Gasteiger partial charge in [-0.15, -0.1) is 13.2 Å². The van der Waals surface area contributed by atoms with Gasteiger partial charge >= 0.3 is 0 Å². The van der Waals surface area contributed by atoms with Gasteiger partial charge in [-0.2, -0.15) is 0 Å². The molecule has 0 spiro atoms. The summed E-state index contributed by atoms with van der Waals surface area (Å²) < 4.78 is 6.01. The van der Waals surface area contributed by atoms with Crippen molar-refractivity contribution in [2.75, 3.05) is 0 Å². The lowest BCUT2D eigenvalue weighted by atomic mass is 10.1. The Morgan fingerprint density at radius 2 is 1.59 bits per heavy atom. The van der Waals surface area contributed by atoms with Gasteiger partial charge < -0.3 is 9.84 Å². The minimum Gasteiger partial charge on any atom is -0.508 e. The molecule has 0 atom stereocenters. The van der Waals surface area contributed by atoms with Gasteiger partial charge in [-0.05, 0) is 61.1 Å². The van der Waals surface area contributed by atoms with E-state index in [1.165, 1.54) is 0 Å². The van der Waals surface area contributed by atoms with Crippen molar-refractivity contribution in [1.29, 1.82) is 0 Å². The van der Waals surface area contributed by atoms with E-state index in [9.17, 15) is 5.11 Å². The molecule has 0 amide bonds. The lowest BCUT2D eigenvalue weighted by molar-refractivity contribution is 0.455. The first-order valence-corrected chi connectivity index (χ1v) is 7.54. The Morgan fingerprint density at radius 3 is 2.32 bits per heavy atom. The highest BCUT2D eigenvalue weighted by atomic mass is 16.5. The monoisotopic (exact) mass is 294 g/mol. The molecule has 0 saturated heterocycles. The number of hydrogen-bond donors (Lipinski definition) is 1. The second-order valence-electron chi connectivity index (χ2n) is 5.16. The average molecular weight is 294 g/mol. The molecule has 2 nitrogen and oxygen atoms in total. The van der Waals surface area contributed by atoms with Crippen LogP contribution in [0, 0.1) is 0 Å². The number of hydrogen-bond acceptors (Lipinski definition) is 2. The average Bonchev–Trinajstić information content (AvgIpc) is 2.54. The number of allylic oxidation sites excluding steroid dienone is 2. The summed E-state index contributed by atoms with van der Waals surface area (Å²) in [7, 11) is 0. The maximum absolute atomic E-state index is 9.90. The van der Waals surface area contributed by atoms with Crippen molar-refractivity contribution in [1.82, 2.24) is 0 Å². The third kappa shape index (κ3) is 4.26. The van der Waals surface area contributed by atoms with E-state index in [0.717, 1.165) is 48.3 Å². The van der Waals surface area contributed by atoms with E-state index in [-0.39, 0.29) is 0 Å². The Balaban J connectivity index is 2.20. The molecule has 0 fully saturated rings. The van der Waals surface area contributed by atoms with E-state index in [1.807, 2.05) is 36.4 Å². The summed E-state index contributed by atoms with van der Waals surface area (Å²) in [5, 5.41) is 9.90. The zero-order valence-electron chi connectivity index (χ0n) is 12.8. The molecule has 2 aromatic carbocycles. The van der Waals surface area contributed by atoms with Crippen LogP contribution in [0.15, 0.2) is 67.8 Å². The quantitative estimate of drug-likeness (QED) is 0.658.